The zero-order valence-corrected chi connectivity index (χ0v) is 71.5. The van der Waals surface area contributed by atoms with Gasteiger partial charge in [0.05, 0.1) is 39.6 Å². The molecule has 0 atom stereocenters. The summed E-state index contributed by atoms with van der Waals surface area (Å²) in [4.78, 5) is 0. The predicted octanol–water partition coefficient (Wildman–Crippen LogP) is 34.0. The SMILES string of the molecule is CCCCCCCCCCCCOc1cc(C=Cc2cc(C=Cc3cc(OCCCCCCCCCCCC)cc(OCCCCCCCCCCCC)c3)cc(C=Cc3cc(OCCCCCCCCCCCC)cc(OCCCCCCCCCCCC)c3)c2)cc(OCCCCCCCCCCCC)c1. The molecule has 4 aromatic rings. The molecule has 0 heterocycles. The van der Waals surface area contributed by atoms with E-state index >= 15 is 0 Å². The van der Waals surface area contributed by atoms with Gasteiger partial charge < -0.3 is 28.4 Å². The molecular formula is C102H168O6. The Balaban J connectivity index is 1.67. The first-order chi connectivity index (χ1) is 53.4. The molecule has 108 heavy (non-hydrogen) atoms. The van der Waals surface area contributed by atoms with Crippen LogP contribution in [0.5, 0.6) is 34.5 Å². The lowest BCUT2D eigenvalue weighted by atomic mass is 10.0. The van der Waals surface area contributed by atoms with Crippen LogP contribution in [0.1, 0.15) is 460 Å². The number of benzene rings is 4. The normalized spacial score (nSPS) is 11.7. The highest BCUT2D eigenvalue weighted by molar-refractivity contribution is 5.79. The Bertz CT molecular complexity index is 2320. The van der Waals surface area contributed by atoms with E-state index in [1.165, 1.54) is 347 Å². The van der Waals surface area contributed by atoms with Crippen molar-refractivity contribution >= 4 is 36.5 Å². The third kappa shape index (κ3) is 54.5. The van der Waals surface area contributed by atoms with E-state index in [0.717, 1.165) is 106 Å². The van der Waals surface area contributed by atoms with E-state index in [4.69, 9.17) is 28.4 Å². The van der Waals surface area contributed by atoms with Gasteiger partial charge in [0.25, 0.3) is 0 Å². The van der Waals surface area contributed by atoms with Crippen molar-refractivity contribution < 1.29 is 28.4 Å². The van der Waals surface area contributed by atoms with Gasteiger partial charge in [0.15, 0.2) is 0 Å². The lowest BCUT2D eigenvalue weighted by molar-refractivity contribution is 0.289. The Morgan fingerprint density at radius 2 is 0.250 bits per heavy atom. The molecule has 0 spiro atoms. The van der Waals surface area contributed by atoms with Crippen LogP contribution in [0.3, 0.4) is 0 Å². The van der Waals surface area contributed by atoms with Gasteiger partial charge in [-0.2, -0.15) is 0 Å². The second-order valence-electron chi connectivity index (χ2n) is 32.3. The molecule has 0 saturated heterocycles. The summed E-state index contributed by atoms with van der Waals surface area (Å²) in [6.45, 7) is 18.1. The van der Waals surface area contributed by atoms with Crippen molar-refractivity contribution in [1.29, 1.82) is 0 Å². The Hall–Kier alpha value is -5.10. The molecule has 6 nitrogen and oxygen atoms in total. The summed E-state index contributed by atoms with van der Waals surface area (Å²) in [6.07, 6.45) is 91.9. The minimum atomic E-state index is 0.717. The number of hydrogen-bond acceptors (Lipinski definition) is 6. The van der Waals surface area contributed by atoms with E-state index in [1.54, 1.807) is 0 Å². The zero-order valence-electron chi connectivity index (χ0n) is 71.5. The van der Waals surface area contributed by atoms with Gasteiger partial charge in [-0.1, -0.05) is 425 Å². The van der Waals surface area contributed by atoms with Crippen molar-refractivity contribution in [2.75, 3.05) is 39.6 Å². The van der Waals surface area contributed by atoms with Crippen LogP contribution < -0.4 is 28.4 Å². The largest absolute Gasteiger partial charge is 0.493 e. The van der Waals surface area contributed by atoms with E-state index in [2.05, 4.69) is 151 Å². The molecule has 6 heteroatoms. The van der Waals surface area contributed by atoms with Gasteiger partial charge in [-0.25, -0.2) is 0 Å². The summed E-state index contributed by atoms with van der Waals surface area (Å²) in [6, 6.07) is 26.5. The summed E-state index contributed by atoms with van der Waals surface area (Å²) >= 11 is 0. The van der Waals surface area contributed by atoms with Gasteiger partial charge in [-0.05, 0) is 127 Å². The van der Waals surface area contributed by atoms with Crippen molar-refractivity contribution in [3.05, 3.63) is 106 Å². The van der Waals surface area contributed by atoms with E-state index in [-0.39, 0.29) is 0 Å². The summed E-state index contributed by atoms with van der Waals surface area (Å²) in [7, 11) is 0. The van der Waals surface area contributed by atoms with Crippen LogP contribution >= 0.6 is 0 Å². The molecule has 0 N–H and O–H groups in total. The van der Waals surface area contributed by atoms with Gasteiger partial charge in [0.1, 0.15) is 34.5 Å². The summed E-state index contributed by atoms with van der Waals surface area (Å²) in [5, 5.41) is 0. The van der Waals surface area contributed by atoms with E-state index < -0.39 is 0 Å². The summed E-state index contributed by atoms with van der Waals surface area (Å²) in [5.41, 5.74) is 6.57. The molecule has 0 fully saturated rings. The fourth-order valence-corrected chi connectivity index (χ4v) is 14.8. The summed E-state index contributed by atoms with van der Waals surface area (Å²) < 4.78 is 39.6. The molecule has 612 valence electrons. The Morgan fingerprint density at radius 1 is 0.139 bits per heavy atom. The minimum absolute atomic E-state index is 0.717. The third-order valence-corrected chi connectivity index (χ3v) is 21.7. The molecule has 0 amide bonds. The molecule has 0 radical (unpaired) electrons. The van der Waals surface area contributed by atoms with Crippen LogP contribution in [0.25, 0.3) is 36.5 Å². The van der Waals surface area contributed by atoms with Crippen molar-refractivity contribution in [1.82, 2.24) is 0 Å². The maximum atomic E-state index is 6.60. The third-order valence-electron chi connectivity index (χ3n) is 21.7. The molecule has 4 rings (SSSR count). The van der Waals surface area contributed by atoms with Gasteiger partial charge in [-0.15, -0.1) is 0 Å². The van der Waals surface area contributed by atoms with E-state index in [9.17, 15) is 0 Å². The fraction of sp³-hybridized carbons (Fsp3) is 0.706. The zero-order chi connectivity index (χ0) is 76.6. The number of hydrogen-bond donors (Lipinski definition) is 0. The van der Waals surface area contributed by atoms with Crippen LogP contribution in [-0.2, 0) is 0 Å². The average molecular weight is 1490 g/mol. The minimum Gasteiger partial charge on any atom is -0.493 e. The Labute approximate surface area is 668 Å². The molecule has 0 bridgehead atoms. The highest BCUT2D eigenvalue weighted by atomic mass is 16.5. The van der Waals surface area contributed by atoms with Crippen LogP contribution in [0.2, 0.25) is 0 Å². The van der Waals surface area contributed by atoms with Gasteiger partial charge in [0.2, 0.25) is 0 Å². The predicted molar refractivity (Wildman–Crippen MR) is 477 cm³/mol. The molecule has 0 saturated carbocycles. The van der Waals surface area contributed by atoms with Gasteiger partial charge in [-0.3, -0.25) is 0 Å². The second kappa shape index (κ2) is 71.0. The highest BCUT2D eigenvalue weighted by Crippen LogP contribution is 2.31. The highest BCUT2D eigenvalue weighted by Gasteiger charge is 2.10. The molecule has 0 aliphatic carbocycles. The first kappa shape index (κ1) is 95.3. The lowest BCUT2D eigenvalue weighted by Gasteiger charge is -2.12. The van der Waals surface area contributed by atoms with Crippen molar-refractivity contribution in [2.45, 2.75) is 427 Å². The number of rotatable bonds is 78. The molecule has 0 aliphatic rings. The van der Waals surface area contributed by atoms with E-state index in [0.29, 0.717) is 39.6 Å². The standard InChI is InChI=1S/C102H168O6/c1-7-13-19-25-31-37-43-49-55-61-73-103-97-82-94(83-98(88-97)104-74-62-56-50-44-38-32-26-20-14-8-2)70-67-91-79-92(68-71-95-84-99(105-75-63-57-51-45-39-33-27-21-15-9-3)89-100(85-95)106-76-64-58-52-46-40-34-28-22-16-10-4)81-93(80-91)69-72-96-86-101(107-77-65-59-53-47-41-35-29-23-17-11-5)90-102(87-96)108-78-66-60-54-48-42-36-30-24-18-12-6/h67-72,79-90H,7-66,73-78H2,1-6H3. The Kier molecular flexibility index (Phi) is 62.6. The van der Waals surface area contributed by atoms with Crippen LogP contribution in [0.4, 0.5) is 0 Å². The number of unbranched alkanes of at least 4 members (excludes halogenated alkanes) is 54. The van der Waals surface area contributed by atoms with Gasteiger partial charge >= 0.3 is 0 Å². The van der Waals surface area contributed by atoms with Gasteiger partial charge in [0, 0.05) is 18.2 Å². The number of ether oxygens (including phenoxy) is 6. The first-order valence-electron chi connectivity index (χ1n) is 46.9. The van der Waals surface area contributed by atoms with Crippen molar-refractivity contribution in [2.24, 2.45) is 0 Å². The quantitative estimate of drug-likeness (QED) is 0.0324. The maximum Gasteiger partial charge on any atom is 0.123 e. The molecule has 0 aliphatic heterocycles. The maximum absolute atomic E-state index is 6.60. The molecule has 4 aromatic carbocycles. The molecule has 0 unspecified atom stereocenters. The van der Waals surface area contributed by atoms with Crippen LogP contribution in [0.15, 0.2) is 72.8 Å². The average Bonchev–Trinajstić information content (AvgIpc) is 0.842. The lowest BCUT2D eigenvalue weighted by Crippen LogP contribution is -2.01. The second-order valence-corrected chi connectivity index (χ2v) is 32.3. The van der Waals surface area contributed by atoms with Crippen molar-refractivity contribution in [3.8, 4) is 34.5 Å². The smallest absolute Gasteiger partial charge is 0.123 e. The monoisotopic (exact) mass is 1490 g/mol. The van der Waals surface area contributed by atoms with Crippen LogP contribution in [-0.4, -0.2) is 39.6 Å². The van der Waals surface area contributed by atoms with Crippen LogP contribution in [0, 0.1) is 0 Å². The topological polar surface area (TPSA) is 55.4 Å². The molecular weight excluding hydrogens is 1320 g/mol. The Morgan fingerprint density at radius 3 is 0.380 bits per heavy atom. The molecule has 0 aromatic heterocycles. The van der Waals surface area contributed by atoms with E-state index in [1.807, 2.05) is 0 Å². The fourth-order valence-electron chi connectivity index (χ4n) is 14.8. The summed E-state index contributed by atoms with van der Waals surface area (Å²) in [5.74, 6) is 5.30. The first-order valence-corrected chi connectivity index (χ1v) is 46.9. The van der Waals surface area contributed by atoms with Crippen molar-refractivity contribution in [3.63, 3.8) is 0 Å².